The van der Waals surface area contributed by atoms with Crippen LogP contribution >= 0.6 is 31.9 Å². The second-order valence-corrected chi connectivity index (χ2v) is 5.16. The van der Waals surface area contributed by atoms with E-state index in [0.29, 0.717) is 21.4 Å². The van der Waals surface area contributed by atoms with Gasteiger partial charge >= 0.3 is 0 Å². The largest absolute Gasteiger partial charge is 0.397 e. The second-order valence-electron chi connectivity index (χ2n) is 3.39. The summed E-state index contributed by atoms with van der Waals surface area (Å²) in [7, 11) is 0. The number of hydrogen-bond acceptors (Lipinski definition) is 3. The van der Waals surface area contributed by atoms with E-state index in [0.717, 1.165) is 4.47 Å². The van der Waals surface area contributed by atoms with E-state index in [1.54, 1.807) is 36.5 Å². The number of benzene rings is 1. The fourth-order valence-corrected chi connectivity index (χ4v) is 2.63. The third-order valence-corrected chi connectivity index (χ3v) is 3.35. The molecule has 0 fully saturated rings. The number of nitrogen functional groups attached to an aromatic ring is 1. The van der Waals surface area contributed by atoms with Crippen molar-refractivity contribution in [2.75, 3.05) is 5.73 Å². The van der Waals surface area contributed by atoms with Crippen molar-refractivity contribution in [2.24, 2.45) is 0 Å². The lowest BCUT2D eigenvalue weighted by Gasteiger charge is -2.07. The normalized spacial score (nSPS) is 10.2. The quantitative estimate of drug-likeness (QED) is 0.663. The van der Waals surface area contributed by atoms with Crippen molar-refractivity contribution in [1.29, 1.82) is 0 Å². The van der Waals surface area contributed by atoms with Crippen molar-refractivity contribution in [3.63, 3.8) is 0 Å². The van der Waals surface area contributed by atoms with Gasteiger partial charge in [-0.1, -0.05) is 22.0 Å². The van der Waals surface area contributed by atoms with E-state index in [4.69, 9.17) is 5.73 Å². The maximum Gasteiger partial charge on any atom is 0.213 e. The van der Waals surface area contributed by atoms with Gasteiger partial charge in [0.2, 0.25) is 5.78 Å². The summed E-state index contributed by atoms with van der Waals surface area (Å²) >= 11 is 6.64. The summed E-state index contributed by atoms with van der Waals surface area (Å²) < 4.78 is 1.48. The molecule has 2 aromatic rings. The number of nitrogens with two attached hydrogens (primary N) is 1. The monoisotopic (exact) mass is 354 g/mol. The van der Waals surface area contributed by atoms with Gasteiger partial charge in [-0.15, -0.1) is 0 Å². The average Bonchev–Trinajstić information content (AvgIpc) is 2.34. The third-order valence-electron chi connectivity index (χ3n) is 2.24. The molecule has 0 spiro atoms. The number of halogens is 2. The lowest BCUT2D eigenvalue weighted by atomic mass is 10.1. The Labute approximate surface area is 115 Å². The summed E-state index contributed by atoms with van der Waals surface area (Å²) in [6, 6.07) is 8.68. The van der Waals surface area contributed by atoms with Gasteiger partial charge in [-0.25, -0.2) is 0 Å². The van der Waals surface area contributed by atoms with Gasteiger partial charge in [-0.3, -0.25) is 9.78 Å². The number of carbonyl (C=O) groups is 1. The summed E-state index contributed by atoms with van der Waals surface area (Å²) in [5, 5.41) is 0. The van der Waals surface area contributed by atoms with E-state index in [2.05, 4.69) is 36.8 Å². The highest BCUT2D eigenvalue weighted by Crippen LogP contribution is 2.29. The molecule has 0 aliphatic rings. The number of pyridine rings is 1. The molecule has 17 heavy (non-hydrogen) atoms. The van der Waals surface area contributed by atoms with Crippen LogP contribution in [0.1, 0.15) is 16.1 Å². The van der Waals surface area contributed by atoms with E-state index in [-0.39, 0.29) is 5.78 Å². The maximum atomic E-state index is 12.2. The zero-order valence-electron chi connectivity index (χ0n) is 8.65. The van der Waals surface area contributed by atoms with E-state index in [1.807, 2.05) is 0 Å². The lowest BCUT2D eigenvalue weighted by molar-refractivity contribution is 0.103. The average molecular weight is 356 g/mol. The molecular formula is C12H8Br2N2O. The number of nitrogens with zero attached hydrogens (tertiary/aromatic N) is 1. The molecule has 1 heterocycles. The molecule has 0 aliphatic heterocycles. The third kappa shape index (κ3) is 2.56. The molecule has 0 amide bonds. The van der Waals surface area contributed by atoms with E-state index in [9.17, 15) is 4.79 Å². The first kappa shape index (κ1) is 12.3. The summed E-state index contributed by atoms with van der Waals surface area (Å²) in [6.07, 6.45) is 1.58. The van der Waals surface area contributed by atoms with Gasteiger partial charge in [0.1, 0.15) is 5.69 Å². The lowest BCUT2D eigenvalue weighted by Crippen LogP contribution is -2.07. The topological polar surface area (TPSA) is 56.0 Å². The second kappa shape index (κ2) is 4.98. The molecule has 1 aromatic heterocycles. The molecule has 0 unspecified atom stereocenters. The van der Waals surface area contributed by atoms with Gasteiger partial charge in [0, 0.05) is 20.7 Å². The predicted octanol–water partition coefficient (Wildman–Crippen LogP) is 3.42. The Balaban J connectivity index is 2.52. The van der Waals surface area contributed by atoms with Crippen LogP contribution in [-0.4, -0.2) is 10.8 Å². The molecule has 0 atom stereocenters. The molecule has 2 N–H and O–H groups in total. The van der Waals surface area contributed by atoms with Crippen molar-refractivity contribution >= 4 is 43.3 Å². The summed E-state index contributed by atoms with van der Waals surface area (Å²) in [4.78, 5) is 16.2. The maximum absolute atomic E-state index is 12.2. The smallest absolute Gasteiger partial charge is 0.213 e. The van der Waals surface area contributed by atoms with Gasteiger partial charge in [0.25, 0.3) is 0 Å². The number of aromatic nitrogens is 1. The van der Waals surface area contributed by atoms with Crippen molar-refractivity contribution in [3.05, 3.63) is 56.7 Å². The van der Waals surface area contributed by atoms with Crippen molar-refractivity contribution < 1.29 is 4.79 Å². The zero-order valence-corrected chi connectivity index (χ0v) is 11.8. The molecule has 0 saturated carbocycles. The molecule has 3 nitrogen and oxygen atoms in total. The Morgan fingerprint density at radius 2 is 2.00 bits per heavy atom. The molecule has 86 valence electrons. The fraction of sp³-hybridized carbons (Fsp3) is 0. The van der Waals surface area contributed by atoms with Crippen molar-refractivity contribution in [2.45, 2.75) is 0 Å². The Hall–Kier alpha value is -1.20. The standard InChI is InChI=1S/C12H8Br2N2O/c13-7-5-8(11(15)9(14)6-7)12(17)10-3-1-2-4-16-10/h1-6H,15H2. The number of anilines is 1. The molecule has 0 bridgehead atoms. The number of hydrogen-bond donors (Lipinski definition) is 1. The van der Waals surface area contributed by atoms with Crippen molar-refractivity contribution in [1.82, 2.24) is 4.98 Å². The Kier molecular flexibility index (Phi) is 3.59. The molecule has 2 rings (SSSR count). The van der Waals surface area contributed by atoms with Crippen LogP contribution in [0, 0.1) is 0 Å². The van der Waals surface area contributed by atoms with Crippen LogP contribution in [0.15, 0.2) is 45.5 Å². The molecule has 0 saturated heterocycles. The summed E-state index contributed by atoms with van der Waals surface area (Å²) in [5.41, 5.74) is 7.11. The van der Waals surface area contributed by atoms with Gasteiger partial charge in [0.15, 0.2) is 0 Å². The molecule has 0 radical (unpaired) electrons. The predicted molar refractivity (Wildman–Crippen MR) is 73.9 cm³/mol. The van der Waals surface area contributed by atoms with Crippen LogP contribution in [0.4, 0.5) is 5.69 Å². The van der Waals surface area contributed by atoms with Crippen molar-refractivity contribution in [3.8, 4) is 0 Å². The highest BCUT2D eigenvalue weighted by atomic mass is 79.9. The fourth-order valence-electron chi connectivity index (χ4n) is 1.41. The van der Waals surface area contributed by atoms with E-state index < -0.39 is 0 Å². The first-order chi connectivity index (χ1) is 8.09. The van der Waals surface area contributed by atoms with Crippen LogP contribution in [0.2, 0.25) is 0 Å². The molecular weight excluding hydrogens is 348 g/mol. The SMILES string of the molecule is Nc1c(Br)cc(Br)cc1C(=O)c1ccccn1. The highest BCUT2D eigenvalue weighted by molar-refractivity contribution is 9.11. The molecule has 1 aromatic carbocycles. The highest BCUT2D eigenvalue weighted by Gasteiger charge is 2.15. The first-order valence-corrected chi connectivity index (χ1v) is 6.38. The van der Waals surface area contributed by atoms with Crippen LogP contribution in [-0.2, 0) is 0 Å². The van der Waals surface area contributed by atoms with E-state index >= 15 is 0 Å². The number of carbonyl (C=O) groups excluding carboxylic acids is 1. The zero-order chi connectivity index (χ0) is 12.4. The summed E-state index contributed by atoms with van der Waals surface area (Å²) in [6.45, 7) is 0. The molecule has 0 aliphatic carbocycles. The van der Waals surface area contributed by atoms with Gasteiger partial charge in [-0.2, -0.15) is 0 Å². The van der Waals surface area contributed by atoms with Gasteiger partial charge in [-0.05, 0) is 40.2 Å². The molecule has 5 heteroatoms. The summed E-state index contributed by atoms with van der Waals surface area (Å²) in [5.74, 6) is -0.190. The number of rotatable bonds is 2. The van der Waals surface area contributed by atoms with Gasteiger partial charge < -0.3 is 5.73 Å². The van der Waals surface area contributed by atoms with Crippen LogP contribution in [0.3, 0.4) is 0 Å². The van der Waals surface area contributed by atoms with E-state index in [1.165, 1.54) is 0 Å². The Bertz CT molecular complexity index is 570. The van der Waals surface area contributed by atoms with Crippen LogP contribution in [0.5, 0.6) is 0 Å². The Morgan fingerprint density at radius 3 is 2.65 bits per heavy atom. The first-order valence-electron chi connectivity index (χ1n) is 4.80. The minimum atomic E-state index is -0.190. The Morgan fingerprint density at radius 1 is 1.24 bits per heavy atom. The van der Waals surface area contributed by atoms with Crippen LogP contribution < -0.4 is 5.73 Å². The minimum Gasteiger partial charge on any atom is -0.397 e. The van der Waals surface area contributed by atoms with Gasteiger partial charge in [0.05, 0.1) is 5.69 Å². The number of ketones is 1. The van der Waals surface area contributed by atoms with Crippen LogP contribution in [0.25, 0.3) is 0 Å². The minimum absolute atomic E-state index is 0.190.